The van der Waals surface area contributed by atoms with E-state index >= 15 is 0 Å². The standard InChI is InChI=1S/C30H21F3N6O5/c1-29(2,28(44)36-19-7-6-18(13-34)22(12-19)30(31,32)33)38-15-17(14-35-38)4-3-16-5-8-20-21(11-16)27(43)39(26(20)42)23-9-10-24(40)37-25(23)41/h5-8,11-12,14-15,23H,9-10H2,1-2H3,(H,36,44)(H,37,40,41). The molecule has 2 N–H and O–H groups in total. The van der Waals surface area contributed by atoms with Crippen LogP contribution in [0.25, 0.3) is 0 Å². The van der Waals surface area contributed by atoms with Crippen LogP contribution in [0.15, 0.2) is 48.8 Å². The van der Waals surface area contributed by atoms with E-state index in [1.807, 2.05) is 0 Å². The molecule has 222 valence electrons. The Balaban J connectivity index is 1.32. The van der Waals surface area contributed by atoms with Crippen LogP contribution in [0.1, 0.15) is 69.7 Å². The van der Waals surface area contributed by atoms with Crippen molar-refractivity contribution in [2.45, 2.75) is 44.4 Å². The number of carbonyl (C=O) groups is 5. The first kappa shape index (κ1) is 29.7. The molecule has 0 spiro atoms. The number of rotatable bonds is 4. The van der Waals surface area contributed by atoms with Crippen LogP contribution in [0.4, 0.5) is 18.9 Å². The van der Waals surface area contributed by atoms with Gasteiger partial charge in [0, 0.05) is 23.9 Å². The molecule has 44 heavy (non-hydrogen) atoms. The van der Waals surface area contributed by atoms with Gasteiger partial charge in [-0.15, -0.1) is 0 Å². The fraction of sp³-hybridized carbons (Fsp3) is 0.233. The third-order valence-electron chi connectivity index (χ3n) is 7.21. The Morgan fingerprint density at radius 3 is 2.41 bits per heavy atom. The zero-order valence-corrected chi connectivity index (χ0v) is 23.1. The summed E-state index contributed by atoms with van der Waals surface area (Å²) >= 11 is 0. The Morgan fingerprint density at radius 2 is 1.73 bits per heavy atom. The van der Waals surface area contributed by atoms with Gasteiger partial charge in [0.05, 0.1) is 40.1 Å². The van der Waals surface area contributed by atoms with E-state index in [4.69, 9.17) is 5.26 Å². The number of fused-ring (bicyclic) bond motifs is 1. The lowest BCUT2D eigenvalue weighted by molar-refractivity contribution is -0.138. The van der Waals surface area contributed by atoms with Gasteiger partial charge in [0.25, 0.3) is 17.7 Å². The molecule has 2 aliphatic heterocycles. The summed E-state index contributed by atoms with van der Waals surface area (Å²) in [6.45, 7) is 3.00. The molecule has 2 aliphatic rings. The number of piperidine rings is 1. The van der Waals surface area contributed by atoms with Crippen molar-refractivity contribution < 1.29 is 37.1 Å². The maximum atomic E-state index is 13.3. The van der Waals surface area contributed by atoms with Crippen molar-refractivity contribution in [1.29, 1.82) is 5.26 Å². The summed E-state index contributed by atoms with van der Waals surface area (Å²) in [4.78, 5) is 63.5. The number of carbonyl (C=O) groups excluding carboxylic acids is 5. The normalized spacial score (nSPS) is 16.5. The van der Waals surface area contributed by atoms with Crippen molar-refractivity contribution in [3.8, 4) is 17.9 Å². The summed E-state index contributed by atoms with van der Waals surface area (Å²) < 4.78 is 41.2. The van der Waals surface area contributed by atoms with Crippen LogP contribution >= 0.6 is 0 Å². The average molecular weight is 603 g/mol. The number of anilines is 1. The van der Waals surface area contributed by atoms with E-state index in [2.05, 4.69) is 27.6 Å². The van der Waals surface area contributed by atoms with Crippen molar-refractivity contribution in [1.82, 2.24) is 20.0 Å². The molecule has 0 saturated carbocycles. The molecule has 0 bridgehead atoms. The average Bonchev–Trinajstić information content (AvgIpc) is 3.55. The zero-order chi connectivity index (χ0) is 32.0. The van der Waals surface area contributed by atoms with Crippen LogP contribution < -0.4 is 10.6 Å². The van der Waals surface area contributed by atoms with Gasteiger partial charge < -0.3 is 5.32 Å². The highest BCUT2D eigenvalue weighted by molar-refractivity contribution is 6.23. The molecule has 3 aromatic rings. The predicted molar refractivity (Wildman–Crippen MR) is 145 cm³/mol. The highest BCUT2D eigenvalue weighted by Crippen LogP contribution is 2.34. The van der Waals surface area contributed by atoms with Crippen LogP contribution in [0, 0.1) is 23.2 Å². The van der Waals surface area contributed by atoms with Crippen LogP contribution in [-0.2, 0) is 26.1 Å². The van der Waals surface area contributed by atoms with Gasteiger partial charge in [-0.2, -0.15) is 23.5 Å². The summed E-state index contributed by atoms with van der Waals surface area (Å²) in [7, 11) is 0. The Kier molecular flexibility index (Phi) is 7.31. The Hall–Kier alpha value is -5.76. The molecular formula is C30H21F3N6O5. The third-order valence-corrected chi connectivity index (χ3v) is 7.21. The molecule has 14 heteroatoms. The van der Waals surface area contributed by atoms with Crippen LogP contribution in [0.3, 0.4) is 0 Å². The molecule has 0 radical (unpaired) electrons. The quantitative estimate of drug-likeness (QED) is 0.344. The molecule has 1 saturated heterocycles. The van der Waals surface area contributed by atoms with E-state index in [1.165, 1.54) is 61.3 Å². The number of amides is 5. The van der Waals surface area contributed by atoms with E-state index in [9.17, 15) is 37.1 Å². The first-order valence-corrected chi connectivity index (χ1v) is 13.1. The van der Waals surface area contributed by atoms with Gasteiger partial charge >= 0.3 is 6.18 Å². The number of nitrogens with one attached hydrogen (secondary N) is 2. The first-order valence-electron chi connectivity index (χ1n) is 13.1. The minimum Gasteiger partial charge on any atom is -0.324 e. The third kappa shape index (κ3) is 5.41. The van der Waals surface area contributed by atoms with Crippen molar-refractivity contribution in [2.75, 3.05) is 5.32 Å². The number of hydrogen-bond donors (Lipinski definition) is 2. The number of aromatic nitrogens is 2. The summed E-state index contributed by atoms with van der Waals surface area (Å²) in [5.74, 6) is 2.52. The molecule has 11 nitrogen and oxygen atoms in total. The van der Waals surface area contributed by atoms with E-state index in [1.54, 1.807) is 0 Å². The largest absolute Gasteiger partial charge is 0.417 e. The van der Waals surface area contributed by atoms with Crippen molar-refractivity contribution in [3.05, 3.63) is 82.2 Å². The Bertz CT molecular complexity index is 1880. The first-order chi connectivity index (χ1) is 20.7. The van der Waals surface area contributed by atoms with Crippen molar-refractivity contribution in [3.63, 3.8) is 0 Å². The van der Waals surface area contributed by atoms with Crippen molar-refractivity contribution in [2.24, 2.45) is 0 Å². The van der Waals surface area contributed by atoms with Gasteiger partial charge in [-0.1, -0.05) is 11.8 Å². The summed E-state index contributed by atoms with van der Waals surface area (Å²) in [6.07, 6.45) is -1.92. The summed E-state index contributed by atoms with van der Waals surface area (Å²) in [5.41, 5.74) is -2.34. The molecule has 0 aliphatic carbocycles. The van der Waals surface area contributed by atoms with E-state index in [0.717, 1.165) is 11.0 Å². The number of nitrogens with zero attached hydrogens (tertiary/aromatic N) is 4. The molecule has 1 unspecified atom stereocenters. The molecule has 2 aromatic carbocycles. The smallest absolute Gasteiger partial charge is 0.324 e. The van der Waals surface area contributed by atoms with E-state index in [-0.39, 0.29) is 29.7 Å². The van der Waals surface area contributed by atoms with Crippen LogP contribution in [0.5, 0.6) is 0 Å². The second-order valence-electron chi connectivity index (χ2n) is 10.5. The number of imide groups is 2. The minimum absolute atomic E-state index is 0.00110. The molecule has 3 heterocycles. The van der Waals surface area contributed by atoms with E-state index < -0.39 is 58.4 Å². The number of hydrogen-bond acceptors (Lipinski definition) is 7. The second-order valence-corrected chi connectivity index (χ2v) is 10.5. The number of halogens is 3. The number of alkyl halides is 3. The lowest BCUT2D eigenvalue weighted by Gasteiger charge is -2.27. The Labute approximate surface area is 247 Å². The fourth-order valence-electron chi connectivity index (χ4n) is 4.73. The predicted octanol–water partition coefficient (Wildman–Crippen LogP) is 2.95. The minimum atomic E-state index is -4.79. The van der Waals surface area contributed by atoms with Gasteiger partial charge in [0.15, 0.2) is 0 Å². The van der Waals surface area contributed by atoms with Gasteiger partial charge in [-0.05, 0) is 56.7 Å². The fourth-order valence-corrected chi connectivity index (χ4v) is 4.73. The van der Waals surface area contributed by atoms with Crippen molar-refractivity contribution >= 4 is 35.2 Å². The molecule has 1 atom stereocenters. The van der Waals surface area contributed by atoms with Gasteiger partial charge in [-0.25, -0.2) is 0 Å². The monoisotopic (exact) mass is 602 g/mol. The van der Waals surface area contributed by atoms with E-state index in [0.29, 0.717) is 17.2 Å². The number of benzene rings is 2. The molecule has 5 rings (SSSR count). The van der Waals surface area contributed by atoms with Crippen LogP contribution in [-0.4, -0.2) is 50.3 Å². The SMILES string of the molecule is CC(C)(C(=O)Nc1ccc(C#N)c(C(F)(F)F)c1)n1cc(C#Cc2ccc3c(c2)C(=O)N(C2CCC(=O)NC2=O)C3=O)cn1. The number of nitriles is 1. The summed E-state index contributed by atoms with van der Waals surface area (Å²) in [6, 6.07) is 7.62. The highest BCUT2D eigenvalue weighted by atomic mass is 19.4. The maximum Gasteiger partial charge on any atom is 0.417 e. The maximum absolute atomic E-state index is 13.3. The van der Waals surface area contributed by atoms with Gasteiger partial charge in [-0.3, -0.25) is 38.9 Å². The molecular weight excluding hydrogens is 581 g/mol. The Morgan fingerprint density at radius 1 is 1.02 bits per heavy atom. The lowest BCUT2D eigenvalue weighted by Crippen LogP contribution is -2.54. The molecule has 5 amide bonds. The van der Waals surface area contributed by atoms with Gasteiger partial charge in [0.2, 0.25) is 11.8 Å². The molecule has 1 aromatic heterocycles. The second kappa shape index (κ2) is 10.8. The van der Waals surface area contributed by atoms with Crippen LogP contribution in [0.2, 0.25) is 0 Å². The van der Waals surface area contributed by atoms with Gasteiger partial charge in [0.1, 0.15) is 11.6 Å². The topological polar surface area (TPSA) is 154 Å². The molecule has 1 fully saturated rings. The highest BCUT2D eigenvalue weighted by Gasteiger charge is 2.44. The zero-order valence-electron chi connectivity index (χ0n) is 23.1. The lowest BCUT2D eigenvalue weighted by atomic mass is 10.0. The summed E-state index contributed by atoms with van der Waals surface area (Å²) in [5, 5.41) is 17.7.